The lowest BCUT2D eigenvalue weighted by atomic mass is 10.2. The first kappa shape index (κ1) is 24.9. The fourth-order valence-electron chi connectivity index (χ4n) is 3.31. The van der Waals surface area contributed by atoms with Gasteiger partial charge in [-0.05, 0) is 55.8 Å². The molecular weight excluding hydrogens is 458 g/mol. The third-order valence-electron chi connectivity index (χ3n) is 5.13. The van der Waals surface area contributed by atoms with Crippen molar-refractivity contribution in [2.45, 2.75) is 31.3 Å². The summed E-state index contributed by atoms with van der Waals surface area (Å²) in [5.41, 5.74) is 0.696. The van der Waals surface area contributed by atoms with Crippen molar-refractivity contribution >= 4 is 27.3 Å². The van der Waals surface area contributed by atoms with E-state index in [9.17, 15) is 23.3 Å². The molecule has 0 aliphatic heterocycles. The van der Waals surface area contributed by atoms with E-state index in [1.807, 2.05) is 30.3 Å². The van der Waals surface area contributed by atoms with Crippen LogP contribution >= 0.6 is 0 Å². The number of nitro groups is 1. The Morgan fingerprint density at radius 2 is 1.71 bits per heavy atom. The summed E-state index contributed by atoms with van der Waals surface area (Å²) in [6, 6.07) is 18.5. The number of hydrogen-bond acceptors (Lipinski definition) is 6. The van der Waals surface area contributed by atoms with Crippen LogP contribution in [0.5, 0.6) is 5.75 Å². The van der Waals surface area contributed by atoms with Crippen LogP contribution in [0.2, 0.25) is 0 Å². The SMILES string of the molecule is COc1ccc(NC(=O)c2ccc(S(=O)(=O)N(Cc3ccccc3)C(C)C)cc2)c([N+](=O)[O-])c1. The Morgan fingerprint density at radius 3 is 2.26 bits per heavy atom. The predicted octanol–water partition coefficient (Wildman–Crippen LogP) is 4.46. The van der Waals surface area contributed by atoms with Crippen LogP contribution in [0.25, 0.3) is 0 Å². The summed E-state index contributed by atoms with van der Waals surface area (Å²) in [6.45, 7) is 3.80. The number of benzene rings is 3. The Kier molecular flexibility index (Phi) is 7.64. The molecule has 178 valence electrons. The first-order chi connectivity index (χ1) is 16.1. The van der Waals surface area contributed by atoms with Crippen molar-refractivity contribution in [3.05, 3.63) is 94.0 Å². The molecule has 0 aliphatic carbocycles. The normalized spacial score (nSPS) is 11.4. The number of methoxy groups -OCH3 is 1. The fraction of sp³-hybridized carbons (Fsp3) is 0.208. The van der Waals surface area contributed by atoms with Crippen molar-refractivity contribution in [2.75, 3.05) is 12.4 Å². The number of nitro benzene ring substituents is 1. The standard InChI is InChI=1S/C24H25N3O6S/c1-17(2)26(16-18-7-5-4-6-8-18)34(31,32)21-12-9-19(10-13-21)24(28)25-22-14-11-20(33-3)15-23(22)27(29)30/h4-15,17H,16H2,1-3H3,(H,25,28). The monoisotopic (exact) mass is 483 g/mol. The van der Waals surface area contributed by atoms with E-state index in [0.29, 0.717) is 0 Å². The van der Waals surface area contributed by atoms with Crippen molar-refractivity contribution < 1.29 is 22.9 Å². The summed E-state index contributed by atoms with van der Waals surface area (Å²) in [5, 5.41) is 13.8. The van der Waals surface area contributed by atoms with Crippen LogP contribution in [0.1, 0.15) is 29.8 Å². The summed E-state index contributed by atoms with van der Waals surface area (Å²) in [7, 11) is -2.44. The molecule has 0 aliphatic rings. The maximum Gasteiger partial charge on any atom is 0.296 e. The van der Waals surface area contributed by atoms with Gasteiger partial charge in [0.05, 0.1) is 23.0 Å². The van der Waals surface area contributed by atoms with Crippen molar-refractivity contribution in [3.63, 3.8) is 0 Å². The van der Waals surface area contributed by atoms with E-state index in [1.54, 1.807) is 13.8 Å². The van der Waals surface area contributed by atoms with E-state index >= 15 is 0 Å². The zero-order chi connectivity index (χ0) is 24.9. The van der Waals surface area contributed by atoms with Gasteiger partial charge in [0, 0.05) is 18.2 Å². The number of hydrogen-bond donors (Lipinski definition) is 1. The molecule has 0 radical (unpaired) electrons. The lowest BCUT2D eigenvalue weighted by Crippen LogP contribution is -2.36. The Labute approximate surface area is 198 Å². The van der Waals surface area contributed by atoms with Crippen molar-refractivity contribution in [1.29, 1.82) is 0 Å². The topological polar surface area (TPSA) is 119 Å². The molecule has 0 aromatic heterocycles. The minimum atomic E-state index is -3.83. The van der Waals surface area contributed by atoms with Gasteiger partial charge < -0.3 is 10.1 Å². The summed E-state index contributed by atoms with van der Waals surface area (Å²) in [6.07, 6.45) is 0. The zero-order valence-electron chi connectivity index (χ0n) is 19.0. The highest BCUT2D eigenvalue weighted by Gasteiger charge is 2.27. The summed E-state index contributed by atoms with van der Waals surface area (Å²) in [5.74, 6) is -0.327. The molecular formula is C24H25N3O6S. The molecule has 0 fully saturated rings. The van der Waals surface area contributed by atoms with E-state index in [1.165, 1.54) is 53.9 Å². The first-order valence-electron chi connectivity index (χ1n) is 10.4. The Hall–Kier alpha value is -3.76. The minimum absolute atomic E-state index is 0.00124. The fourth-order valence-corrected chi connectivity index (χ4v) is 4.94. The van der Waals surface area contributed by atoms with Crippen molar-refractivity contribution in [3.8, 4) is 5.75 Å². The molecule has 0 heterocycles. The molecule has 9 nitrogen and oxygen atoms in total. The van der Waals surface area contributed by atoms with Crippen LogP contribution in [0.3, 0.4) is 0 Å². The molecule has 0 atom stereocenters. The van der Waals surface area contributed by atoms with Gasteiger partial charge in [-0.2, -0.15) is 4.31 Å². The number of rotatable bonds is 9. The highest BCUT2D eigenvalue weighted by Crippen LogP contribution is 2.29. The van der Waals surface area contributed by atoms with Crippen LogP contribution in [-0.2, 0) is 16.6 Å². The number of anilines is 1. The molecule has 0 saturated carbocycles. The molecule has 0 unspecified atom stereocenters. The lowest BCUT2D eigenvalue weighted by molar-refractivity contribution is -0.384. The van der Waals surface area contributed by atoms with Crippen LogP contribution in [-0.4, -0.2) is 36.7 Å². The number of nitrogens with zero attached hydrogens (tertiary/aromatic N) is 2. The van der Waals surface area contributed by atoms with Crippen molar-refractivity contribution in [2.24, 2.45) is 0 Å². The Bertz CT molecular complexity index is 1280. The average Bonchev–Trinajstić information content (AvgIpc) is 2.83. The maximum atomic E-state index is 13.3. The number of carbonyl (C=O) groups excluding carboxylic acids is 1. The van der Waals surface area contributed by atoms with Crippen LogP contribution in [0, 0.1) is 10.1 Å². The van der Waals surface area contributed by atoms with Crippen molar-refractivity contribution in [1.82, 2.24) is 4.31 Å². The Morgan fingerprint density at radius 1 is 1.06 bits per heavy atom. The van der Waals surface area contributed by atoms with E-state index in [2.05, 4.69) is 5.32 Å². The van der Waals surface area contributed by atoms with Gasteiger partial charge in [0.2, 0.25) is 10.0 Å². The quantitative estimate of drug-likeness (QED) is 0.355. The second-order valence-electron chi connectivity index (χ2n) is 7.75. The third kappa shape index (κ3) is 5.59. The summed E-state index contributed by atoms with van der Waals surface area (Å²) < 4.78 is 32.9. The molecule has 3 aromatic carbocycles. The lowest BCUT2D eigenvalue weighted by Gasteiger charge is -2.26. The van der Waals surface area contributed by atoms with Gasteiger partial charge in [-0.1, -0.05) is 30.3 Å². The van der Waals surface area contributed by atoms with E-state index < -0.39 is 20.9 Å². The summed E-state index contributed by atoms with van der Waals surface area (Å²) >= 11 is 0. The number of carbonyl (C=O) groups is 1. The van der Waals surface area contributed by atoms with E-state index in [0.717, 1.165) is 5.56 Å². The van der Waals surface area contributed by atoms with Crippen LogP contribution < -0.4 is 10.1 Å². The van der Waals surface area contributed by atoms with Gasteiger partial charge in [-0.25, -0.2) is 8.42 Å². The van der Waals surface area contributed by atoms with Gasteiger partial charge >= 0.3 is 0 Å². The Balaban J connectivity index is 1.82. The molecule has 34 heavy (non-hydrogen) atoms. The average molecular weight is 484 g/mol. The van der Waals surface area contributed by atoms with E-state index in [4.69, 9.17) is 4.74 Å². The second kappa shape index (κ2) is 10.4. The van der Waals surface area contributed by atoms with Gasteiger partial charge in [0.1, 0.15) is 11.4 Å². The molecule has 1 amide bonds. The minimum Gasteiger partial charge on any atom is -0.496 e. The molecule has 0 bridgehead atoms. The van der Waals surface area contributed by atoms with Gasteiger partial charge in [-0.3, -0.25) is 14.9 Å². The number of amides is 1. The maximum absolute atomic E-state index is 13.3. The largest absolute Gasteiger partial charge is 0.496 e. The van der Waals surface area contributed by atoms with E-state index in [-0.39, 0.29) is 40.2 Å². The number of nitrogens with one attached hydrogen (secondary N) is 1. The third-order valence-corrected chi connectivity index (χ3v) is 7.17. The molecule has 1 N–H and O–H groups in total. The molecule has 10 heteroatoms. The molecule has 0 saturated heterocycles. The highest BCUT2D eigenvalue weighted by molar-refractivity contribution is 7.89. The smallest absolute Gasteiger partial charge is 0.296 e. The second-order valence-corrected chi connectivity index (χ2v) is 9.64. The molecule has 0 spiro atoms. The zero-order valence-corrected chi connectivity index (χ0v) is 19.8. The summed E-state index contributed by atoms with van der Waals surface area (Å²) in [4.78, 5) is 23.4. The molecule has 3 aromatic rings. The van der Waals surface area contributed by atoms with Gasteiger partial charge in [0.25, 0.3) is 11.6 Å². The van der Waals surface area contributed by atoms with Crippen LogP contribution in [0.15, 0.2) is 77.7 Å². The number of sulfonamides is 1. The predicted molar refractivity (Wildman–Crippen MR) is 128 cm³/mol. The highest BCUT2D eigenvalue weighted by atomic mass is 32.2. The van der Waals surface area contributed by atoms with Gasteiger partial charge in [-0.15, -0.1) is 0 Å². The number of ether oxygens (including phenoxy) is 1. The van der Waals surface area contributed by atoms with Gasteiger partial charge in [0.15, 0.2) is 0 Å². The first-order valence-corrected chi connectivity index (χ1v) is 11.9. The molecule has 3 rings (SSSR count). The van der Waals surface area contributed by atoms with Crippen LogP contribution in [0.4, 0.5) is 11.4 Å².